The van der Waals surface area contributed by atoms with Gasteiger partial charge in [-0.05, 0) is 12.1 Å². The molecular weight excluding hydrogens is 214 g/mol. The van der Waals surface area contributed by atoms with E-state index in [4.69, 9.17) is 17.4 Å². The van der Waals surface area contributed by atoms with E-state index in [2.05, 4.69) is 15.6 Å². The molecule has 78 valence electrons. The van der Waals surface area contributed by atoms with Gasteiger partial charge < -0.3 is 0 Å². The molecule has 2 rings (SSSR count). The number of rotatable bonds is 2. The predicted octanol–water partition coefficient (Wildman–Crippen LogP) is 1.42. The third-order valence-corrected chi connectivity index (χ3v) is 2.45. The zero-order chi connectivity index (χ0) is 10.8. The van der Waals surface area contributed by atoms with Crippen molar-refractivity contribution in [2.24, 2.45) is 12.9 Å². The summed E-state index contributed by atoms with van der Waals surface area (Å²) in [6, 6.07) is 7.45. The van der Waals surface area contributed by atoms with Crippen molar-refractivity contribution < 1.29 is 0 Å². The number of benzene rings is 1. The van der Waals surface area contributed by atoms with E-state index >= 15 is 0 Å². The molecule has 5 nitrogen and oxygen atoms in total. The van der Waals surface area contributed by atoms with Gasteiger partial charge in [-0.3, -0.25) is 9.99 Å². The lowest BCUT2D eigenvalue weighted by atomic mass is 10.2. The van der Waals surface area contributed by atoms with E-state index in [0.717, 1.165) is 5.56 Å². The van der Waals surface area contributed by atoms with E-state index in [0.29, 0.717) is 16.8 Å². The average molecular weight is 224 g/mol. The minimum absolute atomic E-state index is 0.491. The van der Waals surface area contributed by atoms with Crippen molar-refractivity contribution in [3.8, 4) is 11.4 Å². The van der Waals surface area contributed by atoms with Gasteiger partial charge in [0.2, 0.25) is 5.95 Å². The highest BCUT2D eigenvalue weighted by molar-refractivity contribution is 6.33. The van der Waals surface area contributed by atoms with Crippen LogP contribution in [0.3, 0.4) is 0 Å². The van der Waals surface area contributed by atoms with Crippen molar-refractivity contribution in [2.75, 3.05) is 5.43 Å². The van der Waals surface area contributed by atoms with Crippen molar-refractivity contribution in [2.45, 2.75) is 0 Å². The fourth-order valence-electron chi connectivity index (χ4n) is 1.33. The Balaban J connectivity index is 2.55. The normalized spacial score (nSPS) is 10.3. The summed E-state index contributed by atoms with van der Waals surface area (Å²) in [5, 5.41) is 8.51. The third-order valence-electron chi connectivity index (χ3n) is 2.12. The summed E-state index contributed by atoms with van der Waals surface area (Å²) < 4.78 is 1.74. The first kappa shape index (κ1) is 9.95. The van der Waals surface area contributed by atoms with Crippen LogP contribution >= 0.6 is 11.6 Å². The van der Waals surface area contributed by atoms with Crippen LogP contribution in [-0.2, 0) is 7.05 Å². The highest BCUT2D eigenvalue weighted by atomic mass is 35.5. The first-order valence-electron chi connectivity index (χ1n) is 4.35. The Kier molecular flexibility index (Phi) is 2.57. The van der Waals surface area contributed by atoms with Gasteiger partial charge in [0, 0.05) is 12.6 Å². The van der Waals surface area contributed by atoms with Gasteiger partial charge in [0.05, 0.1) is 5.02 Å². The van der Waals surface area contributed by atoms with Crippen LogP contribution in [0.5, 0.6) is 0 Å². The molecule has 1 heterocycles. The summed E-state index contributed by atoms with van der Waals surface area (Å²) >= 11 is 6.05. The molecule has 1 aromatic carbocycles. The number of nitrogen functional groups attached to an aromatic ring is 1. The molecule has 0 saturated heterocycles. The topological polar surface area (TPSA) is 68.8 Å². The maximum atomic E-state index is 6.05. The minimum Gasteiger partial charge on any atom is -0.295 e. The molecule has 0 aliphatic rings. The van der Waals surface area contributed by atoms with Crippen molar-refractivity contribution in [1.29, 1.82) is 0 Å². The molecule has 0 radical (unpaired) electrons. The maximum absolute atomic E-state index is 6.05. The van der Waals surface area contributed by atoms with Gasteiger partial charge in [-0.1, -0.05) is 23.7 Å². The Labute approximate surface area is 91.8 Å². The van der Waals surface area contributed by atoms with Crippen LogP contribution < -0.4 is 11.3 Å². The largest absolute Gasteiger partial charge is 0.295 e. The van der Waals surface area contributed by atoms with Crippen LogP contribution in [0.4, 0.5) is 5.95 Å². The number of nitrogens with two attached hydrogens (primary N) is 1. The average Bonchev–Trinajstić information content (AvgIpc) is 2.60. The quantitative estimate of drug-likeness (QED) is 0.597. The summed E-state index contributed by atoms with van der Waals surface area (Å²) in [4.78, 5) is 0. The lowest BCUT2D eigenvalue weighted by Crippen LogP contribution is -2.11. The summed E-state index contributed by atoms with van der Waals surface area (Å²) in [5.41, 5.74) is 3.28. The van der Waals surface area contributed by atoms with E-state index in [9.17, 15) is 0 Å². The number of hydrazine groups is 1. The first-order chi connectivity index (χ1) is 7.24. The Bertz CT molecular complexity index is 479. The summed E-state index contributed by atoms with van der Waals surface area (Å²) in [5.74, 6) is 6.44. The van der Waals surface area contributed by atoms with Crippen LogP contribution in [0, 0.1) is 0 Å². The molecule has 1 aromatic heterocycles. The van der Waals surface area contributed by atoms with Crippen molar-refractivity contribution >= 4 is 17.5 Å². The molecule has 0 atom stereocenters. The number of nitrogens with one attached hydrogen (secondary N) is 1. The highest BCUT2D eigenvalue weighted by Gasteiger charge is 2.11. The fourth-order valence-corrected chi connectivity index (χ4v) is 1.55. The molecule has 0 amide bonds. The Morgan fingerprint density at radius 2 is 2.07 bits per heavy atom. The van der Waals surface area contributed by atoms with Crippen molar-refractivity contribution in [1.82, 2.24) is 14.8 Å². The second kappa shape index (κ2) is 3.88. The number of anilines is 1. The molecule has 3 N–H and O–H groups in total. The number of hydrogen-bond donors (Lipinski definition) is 2. The monoisotopic (exact) mass is 223 g/mol. The van der Waals surface area contributed by atoms with Crippen molar-refractivity contribution in [3.05, 3.63) is 29.3 Å². The zero-order valence-electron chi connectivity index (χ0n) is 8.11. The van der Waals surface area contributed by atoms with Crippen molar-refractivity contribution in [3.63, 3.8) is 0 Å². The fraction of sp³-hybridized carbons (Fsp3) is 0.111. The minimum atomic E-state index is 0.491. The maximum Gasteiger partial charge on any atom is 0.238 e. The molecule has 6 heteroatoms. The van der Waals surface area contributed by atoms with E-state index in [1.807, 2.05) is 25.2 Å². The first-order valence-corrected chi connectivity index (χ1v) is 4.72. The van der Waals surface area contributed by atoms with E-state index in [1.54, 1.807) is 10.6 Å². The van der Waals surface area contributed by atoms with Crippen LogP contribution in [0.15, 0.2) is 24.3 Å². The van der Waals surface area contributed by atoms with Gasteiger partial charge >= 0.3 is 0 Å². The Morgan fingerprint density at radius 3 is 2.67 bits per heavy atom. The molecule has 2 aromatic rings. The second-order valence-corrected chi connectivity index (χ2v) is 3.44. The molecule has 0 bridgehead atoms. The molecular formula is C9H10ClN5. The lowest BCUT2D eigenvalue weighted by molar-refractivity contribution is 0.917. The van der Waals surface area contributed by atoms with Crippen LogP contribution in [0.25, 0.3) is 11.4 Å². The molecule has 0 fully saturated rings. The number of aromatic nitrogens is 3. The highest BCUT2D eigenvalue weighted by Crippen LogP contribution is 2.26. The molecule has 0 spiro atoms. The SMILES string of the molecule is Cn1c(NN)nnc1-c1ccccc1Cl. The van der Waals surface area contributed by atoms with E-state index in [1.165, 1.54) is 0 Å². The Hall–Kier alpha value is -1.59. The molecule has 0 unspecified atom stereocenters. The van der Waals surface area contributed by atoms with Crippen LogP contribution in [0.1, 0.15) is 0 Å². The van der Waals surface area contributed by atoms with Gasteiger partial charge in [-0.25, -0.2) is 5.84 Å². The zero-order valence-corrected chi connectivity index (χ0v) is 8.86. The van der Waals surface area contributed by atoms with Gasteiger partial charge in [-0.15, -0.1) is 10.2 Å². The second-order valence-electron chi connectivity index (χ2n) is 3.03. The van der Waals surface area contributed by atoms with Gasteiger partial charge in [-0.2, -0.15) is 0 Å². The Morgan fingerprint density at radius 1 is 1.33 bits per heavy atom. The molecule has 0 aliphatic heterocycles. The number of halogens is 1. The summed E-state index contributed by atoms with van der Waals surface area (Å²) in [7, 11) is 1.81. The summed E-state index contributed by atoms with van der Waals surface area (Å²) in [6.45, 7) is 0. The smallest absolute Gasteiger partial charge is 0.238 e. The predicted molar refractivity (Wildman–Crippen MR) is 59.3 cm³/mol. The van der Waals surface area contributed by atoms with Crippen LogP contribution in [-0.4, -0.2) is 14.8 Å². The van der Waals surface area contributed by atoms with Gasteiger partial charge in [0.15, 0.2) is 5.82 Å². The molecule has 0 saturated carbocycles. The number of hydrogen-bond acceptors (Lipinski definition) is 4. The molecule has 15 heavy (non-hydrogen) atoms. The van der Waals surface area contributed by atoms with Gasteiger partial charge in [0.25, 0.3) is 0 Å². The lowest BCUT2D eigenvalue weighted by Gasteiger charge is -2.04. The van der Waals surface area contributed by atoms with Crippen LogP contribution in [0.2, 0.25) is 5.02 Å². The van der Waals surface area contributed by atoms with E-state index in [-0.39, 0.29) is 0 Å². The molecule has 0 aliphatic carbocycles. The summed E-state index contributed by atoms with van der Waals surface area (Å²) in [6.07, 6.45) is 0. The van der Waals surface area contributed by atoms with E-state index < -0.39 is 0 Å². The number of nitrogens with zero attached hydrogens (tertiary/aromatic N) is 3. The standard InChI is InChI=1S/C9H10ClN5/c1-15-8(13-14-9(15)12-11)6-4-2-3-5-7(6)10/h2-5H,11H2,1H3,(H,12,14). The third kappa shape index (κ3) is 1.67. The van der Waals surface area contributed by atoms with Gasteiger partial charge in [0.1, 0.15) is 0 Å².